The minimum Gasteiger partial charge on any atom is -0.306 e. The third-order valence-corrected chi connectivity index (χ3v) is 3.78. The molecular weight excluding hydrogens is 286 g/mol. The third kappa shape index (κ3) is 3.32. The molecule has 3 aromatic heterocycles. The molecule has 6 nitrogen and oxygen atoms in total. The van der Waals surface area contributed by atoms with Crippen LogP contribution in [-0.2, 0) is 11.2 Å². The topological polar surface area (TPSA) is 83.6 Å². The number of aryl methyl sites for hydroxylation is 1. The molecule has 2 N–H and O–H groups in total. The van der Waals surface area contributed by atoms with E-state index in [-0.39, 0.29) is 5.91 Å². The van der Waals surface area contributed by atoms with E-state index in [2.05, 4.69) is 25.5 Å². The number of rotatable bonds is 4. The highest BCUT2D eigenvalue weighted by Crippen LogP contribution is 2.16. The standard InChI is InChI=1S/C14H13N5OS/c1-9-5-6-10(21-9)8-12(20)16-14-17-13(18-19-14)11-4-2-3-7-15-11/h2-7H,8H2,1H3,(H2,16,17,18,19,20). The lowest BCUT2D eigenvalue weighted by Gasteiger charge is -1.99. The maximum Gasteiger partial charge on any atom is 0.231 e. The average molecular weight is 299 g/mol. The van der Waals surface area contributed by atoms with Crippen LogP contribution in [0.4, 0.5) is 5.95 Å². The van der Waals surface area contributed by atoms with Crippen molar-refractivity contribution in [2.45, 2.75) is 13.3 Å². The van der Waals surface area contributed by atoms with Crippen molar-refractivity contribution in [3.8, 4) is 11.5 Å². The number of carbonyl (C=O) groups is 1. The second kappa shape index (κ2) is 5.84. The molecule has 0 spiro atoms. The van der Waals surface area contributed by atoms with Crippen LogP contribution in [0.25, 0.3) is 11.5 Å². The Morgan fingerprint density at radius 3 is 2.90 bits per heavy atom. The highest BCUT2D eigenvalue weighted by atomic mass is 32.1. The van der Waals surface area contributed by atoms with Gasteiger partial charge in [0.25, 0.3) is 0 Å². The largest absolute Gasteiger partial charge is 0.306 e. The van der Waals surface area contributed by atoms with Crippen molar-refractivity contribution in [3.05, 3.63) is 46.3 Å². The Labute approximate surface area is 125 Å². The molecule has 0 aromatic carbocycles. The second-order valence-electron chi connectivity index (χ2n) is 4.47. The van der Waals surface area contributed by atoms with Crippen LogP contribution < -0.4 is 5.32 Å². The van der Waals surface area contributed by atoms with Crippen LogP contribution in [0.1, 0.15) is 9.75 Å². The van der Waals surface area contributed by atoms with Crippen LogP contribution in [0, 0.1) is 6.92 Å². The Morgan fingerprint density at radius 2 is 2.19 bits per heavy atom. The van der Waals surface area contributed by atoms with E-state index in [1.807, 2.05) is 37.3 Å². The molecule has 0 fully saturated rings. The van der Waals surface area contributed by atoms with E-state index in [0.717, 1.165) is 4.88 Å². The Morgan fingerprint density at radius 1 is 1.29 bits per heavy atom. The number of aromatic nitrogens is 4. The Balaban J connectivity index is 1.66. The van der Waals surface area contributed by atoms with Gasteiger partial charge in [-0.1, -0.05) is 6.07 Å². The van der Waals surface area contributed by atoms with Crippen molar-refractivity contribution in [3.63, 3.8) is 0 Å². The minimum atomic E-state index is -0.124. The average Bonchev–Trinajstić information content (AvgIpc) is 3.09. The van der Waals surface area contributed by atoms with Gasteiger partial charge in [0.1, 0.15) is 5.69 Å². The van der Waals surface area contributed by atoms with Gasteiger partial charge >= 0.3 is 0 Å². The zero-order valence-electron chi connectivity index (χ0n) is 11.3. The van der Waals surface area contributed by atoms with Gasteiger partial charge in [0.05, 0.1) is 6.42 Å². The first-order chi connectivity index (χ1) is 10.2. The number of anilines is 1. The van der Waals surface area contributed by atoms with Crippen LogP contribution in [-0.4, -0.2) is 26.1 Å². The summed E-state index contributed by atoms with van der Waals surface area (Å²) in [6, 6.07) is 9.47. The van der Waals surface area contributed by atoms with E-state index in [0.29, 0.717) is 23.9 Å². The number of amides is 1. The van der Waals surface area contributed by atoms with Crippen molar-refractivity contribution >= 4 is 23.2 Å². The Hall–Kier alpha value is -2.54. The molecule has 7 heteroatoms. The molecule has 0 aliphatic rings. The lowest BCUT2D eigenvalue weighted by molar-refractivity contribution is -0.115. The molecular formula is C14H13N5OS. The molecule has 3 heterocycles. The smallest absolute Gasteiger partial charge is 0.231 e. The molecule has 0 radical (unpaired) electrons. The molecule has 3 aromatic rings. The number of thiophene rings is 1. The van der Waals surface area contributed by atoms with Gasteiger partial charge in [-0.25, -0.2) is 0 Å². The molecule has 3 rings (SSSR count). The quantitative estimate of drug-likeness (QED) is 0.775. The minimum absolute atomic E-state index is 0.124. The number of hydrogen-bond acceptors (Lipinski definition) is 5. The highest BCUT2D eigenvalue weighted by molar-refractivity contribution is 7.12. The first-order valence-corrected chi connectivity index (χ1v) is 7.21. The fourth-order valence-corrected chi connectivity index (χ4v) is 2.74. The maximum absolute atomic E-state index is 11.9. The van der Waals surface area contributed by atoms with Gasteiger partial charge in [-0.05, 0) is 31.2 Å². The zero-order chi connectivity index (χ0) is 14.7. The molecule has 0 unspecified atom stereocenters. The summed E-state index contributed by atoms with van der Waals surface area (Å²) in [6.07, 6.45) is 2.01. The van der Waals surface area contributed by atoms with Crippen LogP contribution in [0.5, 0.6) is 0 Å². The number of nitrogens with one attached hydrogen (secondary N) is 2. The SMILES string of the molecule is Cc1ccc(CC(=O)Nc2nnc(-c3ccccn3)[nH]2)s1. The summed E-state index contributed by atoms with van der Waals surface area (Å²) < 4.78 is 0. The van der Waals surface area contributed by atoms with Gasteiger partial charge in [-0.2, -0.15) is 0 Å². The summed E-state index contributed by atoms with van der Waals surface area (Å²) in [5.74, 6) is 0.729. The van der Waals surface area contributed by atoms with Crippen LogP contribution in [0.2, 0.25) is 0 Å². The zero-order valence-corrected chi connectivity index (χ0v) is 12.1. The van der Waals surface area contributed by atoms with Gasteiger partial charge in [0, 0.05) is 16.0 Å². The Kier molecular flexibility index (Phi) is 3.74. The molecule has 0 aliphatic carbocycles. The molecule has 0 saturated carbocycles. The third-order valence-electron chi connectivity index (χ3n) is 2.78. The van der Waals surface area contributed by atoms with Gasteiger partial charge in [0.15, 0.2) is 5.82 Å². The predicted octanol–water partition coefficient (Wildman–Crippen LogP) is 2.42. The normalized spacial score (nSPS) is 10.5. The molecule has 106 valence electrons. The van der Waals surface area contributed by atoms with E-state index in [9.17, 15) is 4.79 Å². The number of pyridine rings is 1. The first-order valence-electron chi connectivity index (χ1n) is 6.40. The first kappa shape index (κ1) is 13.4. The van der Waals surface area contributed by atoms with E-state index >= 15 is 0 Å². The van der Waals surface area contributed by atoms with E-state index in [1.54, 1.807) is 17.5 Å². The van der Waals surface area contributed by atoms with Crippen molar-refractivity contribution in [1.82, 2.24) is 20.2 Å². The van der Waals surface area contributed by atoms with Gasteiger partial charge in [0.2, 0.25) is 11.9 Å². The predicted molar refractivity (Wildman–Crippen MR) is 81.0 cm³/mol. The fourth-order valence-electron chi connectivity index (χ4n) is 1.85. The highest BCUT2D eigenvalue weighted by Gasteiger charge is 2.10. The molecule has 0 saturated heterocycles. The number of carbonyl (C=O) groups excluding carboxylic acids is 1. The van der Waals surface area contributed by atoms with Gasteiger partial charge < -0.3 is 4.98 Å². The van der Waals surface area contributed by atoms with E-state index in [1.165, 1.54) is 4.88 Å². The second-order valence-corrected chi connectivity index (χ2v) is 5.85. The van der Waals surface area contributed by atoms with Crippen molar-refractivity contribution in [2.24, 2.45) is 0 Å². The lowest BCUT2D eigenvalue weighted by Crippen LogP contribution is -2.14. The monoisotopic (exact) mass is 299 g/mol. The summed E-state index contributed by atoms with van der Waals surface area (Å²) in [6.45, 7) is 2.02. The van der Waals surface area contributed by atoms with Crippen LogP contribution >= 0.6 is 11.3 Å². The molecule has 0 atom stereocenters. The number of nitrogens with zero attached hydrogens (tertiary/aromatic N) is 3. The maximum atomic E-state index is 11.9. The van der Waals surface area contributed by atoms with E-state index < -0.39 is 0 Å². The molecule has 0 bridgehead atoms. The van der Waals surface area contributed by atoms with Crippen LogP contribution in [0.15, 0.2) is 36.5 Å². The summed E-state index contributed by atoms with van der Waals surface area (Å²) in [5.41, 5.74) is 0.680. The van der Waals surface area contributed by atoms with E-state index in [4.69, 9.17) is 0 Å². The lowest BCUT2D eigenvalue weighted by atomic mass is 10.3. The van der Waals surface area contributed by atoms with Crippen molar-refractivity contribution in [2.75, 3.05) is 5.32 Å². The Bertz CT molecular complexity index is 750. The molecule has 1 amide bonds. The fraction of sp³-hybridized carbons (Fsp3) is 0.143. The summed E-state index contributed by atoms with van der Waals surface area (Å²) in [4.78, 5) is 21.2. The van der Waals surface area contributed by atoms with Crippen LogP contribution in [0.3, 0.4) is 0 Å². The summed E-state index contributed by atoms with van der Waals surface area (Å²) in [7, 11) is 0. The summed E-state index contributed by atoms with van der Waals surface area (Å²) >= 11 is 1.61. The van der Waals surface area contributed by atoms with Crippen molar-refractivity contribution < 1.29 is 4.79 Å². The van der Waals surface area contributed by atoms with Crippen molar-refractivity contribution in [1.29, 1.82) is 0 Å². The number of aromatic amines is 1. The molecule has 21 heavy (non-hydrogen) atoms. The molecule has 0 aliphatic heterocycles. The number of hydrogen-bond donors (Lipinski definition) is 2. The summed E-state index contributed by atoms with van der Waals surface area (Å²) in [5, 5.41) is 10.6. The number of H-pyrrole nitrogens is 1. The van der Waals surface area contributed by atoms with Gasteiger partial charge in [-0.3, -0.25) is 15.1 Å². The van der Waals surface area contributed by atoms with Gasteiger partial charge in [-0.15, -0.1) is 21.5 Å².